The lowest BCUT2D eigenvalue weighted by atomic mass is 10.1. The number of rotatable bonds is 5. The van der Waals surface area contributed by atoms with E-state index < -0.39 is 0 Å². The van der Waals surface area contributed by atoms with E-state index in [1.54, 1.807) is 18.3 Å². The Morgan fingerprint density at radius 1 is 0.966 bits per heavy atom. The molecule has 0 fully saturated rings. The molecular formula is C24H21N3O2. The Kier molecular flexibility index (Phi) is 5.12. The van der Waals surface area contributed by atoms with Crippen molar-refractivity contribution in [3.05, 3.63) is 102 Å². The van der Waals surface area contributed by atoms with Gasteiger partial charge in [-0.2, -0.15) is 5.10 Å². The van der Waals surface area contributed by atoms with Gasteiger partial charge in [-0.05, 0) is 55.3 Å². The summed E-state index contributed by atoms with van der Waals surface area (Å²) in [6, 6.07) is 24.1. The van der Waals surface area contributed by atoms with Crippen molar-refractivity contribution in [1.82, 2.24) is 9.99 Å². The highest BCUT2D eigenvalue weighted by atomic mass is 16.3. The Balaban J connectivity index is 1.54. The Hall–Kier alpha value is -3.86. The van der Waals surface area contributed by atoms with E-state index in [4.69, 9.17) is 4.42 Å². The minimum atomic E-state index is -0.378. The van der Waals surface area contributed by atoms with Gasteiger partial charge >= 0.3 is 5.91 Å². The number of carbonyl (C=O) groups excluding carboxylic acids is 1. The van der Waals surface area contributed by atoms with Crippen molar-refractivity contribution in [2.45, 2.75) is 13.8 Å². The molecule has 0 unspecified atom stereocenters. The molecule has 5 nitrogen and oxygen atoms in total. The van der Waals surface area contributed by atoms with Crippen molar-refractivity contribution in [2.24, 2.45) is 5.10 Å². The number of nitrogens with zero attached hydrogens (tertiary/aromatic N) is 2. The standard InChI is InChI=1S/C24H21N3O2/c1-17-15-21(16-25-26-24(28)23-9-6-14-29-23)18(2)27(17)22-12-10-20(11-13-22)19-7-4-3-5-8-19/h3-16H,1-2H3,(H,26,28)/b25-16+. The molecule has 0 aliphatic carbocycles. The molecule has 1 N–H and O–H groups in total. The smallest absolute Gasteiger partial charge is 0.307 e. The fourth-order valence-electron chi connectivity index (χ4n) is 3.37. The average molecular weight is 383 g/mol. The second kappa shape index (κ2) is 8.02. The summed E-state index contributed by atoms with van der Waals surface area (Å²) in [5.41, 5.74) is 9.02. The van der Waals surface area contributed by atoms with Crippen LogP contribution in [-0.2, 0) is 0 Å². The first-order valence-corrected chi connectivity index (χ1v) is 9.35. The molecule has 5 heteroatoms. The van der Waals surface area contributed by atoms with E-state index in [9.17, 15) is 4.79 Å². The van der Waals surface area contributed by atoms with E-state index in [1.807, 2.05) is 31.2 Å². The van der Waals surface area contributed by atoms with Crippen LogP contribution in [0.15, 0.2) is 88.6 Å². The van der Waals surface area contributed by atoms with Crippen LogP contribution in [0.1, 0.15) is 27.5 Å². The molecule has 0 saturated carbocycles. The van der Waals surface area contributed by atoms with Gasteiger partial charge in [0.1, 0.15) is 0 Å². The summed E-state index contributed by atoms with van der Waals surface area (Å²) in [7, 11) is 0. The third-order valence-corrected chi connectivity index (χ3v) is 4.82. The zero-order valence-corrected chi connectivity index (χ0v) is 16.3. The van der Waals surface area contributed by atoms with Crippen molar-refractivity contribution in [3.8, 4) is 16.8 Å². The Bertz CT molecular complexity index is 1140. The molecule has 0 spiro atoms. The first kappa shape index (κ1) is 18.5. The maximum atomic E-state index is 11.9. The first-order chi connectivity index (χ1) is 14.1. The maximum Gasteiger partial charge on any atom is 0.307 e. The predicted molar refractivity (Wildman–Crippen MR) is 114 cm³/mol. The number of hydrogen-bond acceptors (Lipinski definition) is 3. The second-order valence-electron chi connectivity index (χ2n) is 6.75. The lowest BCUT2D eigenvalue weighted by Crippen LogP contribution is -2.16. The summed E-state index contributed by atoms with van der Waals surface area (Å²) in [5.74, 6) is -0.150. The third kappa shape index (κ3) is 3.89. The molecule has 0 saturated heterocycles. The Morgan fingerprint density at radius 3 is 2.38 bits per heavy atom. The van der Waals surface area contributed by atoms with Crippen LogP contribution in [0.3, 0.4) is 0 Å². The van der Waals surface area contributed by atoms with Crippen LogP contribution in [0.4, 0.5) is 0 Å². The number of hydrazone groups is 1. The molecule has 4 aromatic rings. The average Bonchev–Trinajstić information content (AvgIpc) is 3.38. The van der Waals surface area contributed by atoms with E-state index >= 15 is 0 Å². The fraction of sp³-hybridized carbons (Fsp3) is 0.0833. The molecule has 29 heavy (non-hydrogen) atoms. The fourth-order valence-corrected chi connectivity index (χ4v) is 3.37. The number of aromatic nitrogens is 1. The number of nitrogens with one attached hydrogen (secondary N) is 1. The number of amides is 1. The molecule has 0 radical (unpaired) electrons. The quantitative estimate of drug-likeness (QED) is 0.384. The van der Waals surface area contributed by atoms with Gasteiger partial charge in [-0.1, -0.05) is 42.5 Å². The van der Waals surface area contributed by atoms with Crippen molar-refractivity contribution in [3.63, 3.8) is 0 Å². The van der Waals surface area contributed by atoms with E-state index in [1.165, 1.54) is 17.4 Å². The summed E-state index contributed by atoms with van der Waals surface area (Å²) >= 11 is 0. The zero-order chi connectivity index (χ0) is 20.2. The summed E-state index contributed by atoms with van der Waals surface area (Å²) in [5, 5.41) is 4.06. The van der Waals surface area contributed by atoms with Crippen LogP contribution in [0.2, 0.25) is 0 Å². The number of furan rings is 1. The predicted octanol–water partition coefficient (Wildman–Crippen LogP) is 5.12. The van der Waals surface area contributed by atoms with Gasteiger partial charge < -0.3 is 8.98 Å². The Morgan fingerprint density at radius 2 is 1.69 bits per heavy atom. The van der Waals surface area contributed by atoms with E-state index in [0.29, 0.717) is 0 Å². The largest absolute Gasteiger partial charge is 0.459 e. The Labute approximate surface area is 169 Å². The molecule has 0 aliphatic heterocycles. The van der Waals surface area contributed by atoms with Gasteiger partial charge in [-0.3, -0.25) is 4.79 Å². The molecule has 4 rings (SSSR count). The van der Waals surface area contributed by atoms with Crippen LogP contribution in [-0.4, -0.2) is 16.7 Å². The minimum Gasteiger partial charge on any atom is -0.459 e. The monoisotopic (exact) mass is 383 g/mol. The summed E-state index contributed by atoms with van der Waals surface area (Å²) in [6.45, 7) is 4.09. The van der Waals surface area contributed by atoms with Crippen LogP contribution in [0.5, 0.6) is 0 Å². The van der Waals surface area contributed by atoms with Crippen molar-refractivity contribution in [2.75, 3.05) is 0 Å². The van der Waals surface area contributed by atoms with E-state index in [0.717, 1.165) is 22.6 Å². The zero-order valence-electron chi connectivity index (χ0n) is 16.3. The molecule has 144 valence electrons. The number of benzene rings is 2. The molecule has 2 aromatic heterocycles. The molecule has 1 amide bonds. The first-order valence-electron chi connectivity index (χ1n) is 9.35. The van der Waals surface area contributed by atoms with Crippen LogP contribution in [0, 0.1) is 13.8 Å². The highest BCUT2D eigenvalue weighted by Gasteiger charge is 2.10. The molecule has 0 bridgehead atoms. The molecule has 2 aromatic carbocycles. The van der Waals surface area contributed by atoms with E-state index in [-0.39, 0.29) is 11.7 Å². The number of hydrogen-bond donors (Lipinski definition) is 1. The minimum absolute atomic E-state index is 0.228. The summed E-state index contributed by atoms with van der Waals surface area (Å²) < 4.78 is 7.23. The van der Waals surface area contributed by atoms with Gasteiger partial charge in [0.2, 0.25) is 0 Å². The van der Waals surface area contributed by atoms with Gasteiger partial charge in [0, 0.05) is 22.6 Å². The SMILES string of the molecule is Cc1cc(/C=N/NC(=O)c2ccco2)c(C)n1-c1ccc(-c2ccccc2)cc1. The van der Waals surface area contributed by atoms with Gasteiger partial charge in [0.05, 0.1) is 12.5 Å². The maximum absolute atomic E-state index is 11.9. The highest BCUT2D eigenvalue weighted by molar-refractivity contribution is 5.92. The lowest BCUT2D eigenvalue weighted by Gasteiger charge is -2.11. The molecule has 0 atom stereocenters. The highest BCUT2D eigenvalue weighted by Crippen LogP contribution is 2.24. The van der Waals surface area contributed by atoms with Crippen LogP contribution in [0.25, 0.3) is 16.8 Å². The van der Waals surface area contributed by atoms with Crippen molar-refractivity contribution >= 4 is 12.1 Å². The van der Waals surface area contributed by atoms with E-state index in [2.05, 4.69) is 58.4 Å². The van der Waals surface area contributed by atoms with Crippen LogP contribution >= 0.6 is 0 Å². The van der Waals surface area contributed by atoms with Crippen molar-refractivity contribution in [1.29, 1.82) is 0 Å². The van der Waals surface area contributed by atoms with Crippen LogP contribution < -0.4 is 5.43 Å². The summed E-state index contributed by atoms with van der Waals surface area (Å²) in [4.78, 5) is 11.9. The number of carbonyl (C=O) groups is 1. The van der Waals surface area contributed by atoms with Gasteiger partial charge in [0.15, 0.2) is 5.76 Å². The molecular weight excluding hydrogens is 362 g/mol. The van der Waals surface area contributed by atoms with Gasteiger partial charge in [-0.15, -0.1) is 0 Å². The van der Waals surface area contributed by atoms with Gasteiger partial charge in [-0.25, -0.2) is 5.43 Å². The summed E-state index contributed by atoms with van der Waals surface area (Å²) in [6.07, 6.45) is 3.10. The van der Waals surface area contributed by atoms with Crippen molar-refractivity contribution < 1.29 is 9.21 Å². The second-order valence-corrected chi connectivity index (χ2v) is 6.75. The molecule has 2 heterocycles. The lowest BCUT2D eigenvalue weighted by molar-refractivity contribution is 0.0927. The topological polar surface area (TPSA) is 59.5 Å². The normalized spacial score (nSPS) is 11.1. The third-order valence-electron chi connectivity index (χ3n) is 4.82. The number of aryl methyl sites for hydroxylation is 1. The van der Waals surface area contributed by atoms with Gasteiger partial charge in [0.25, 0.3) is 0 Å². The molecule has 0 aliphatic rings.